The molecular weight excluding hydrogens is 342 g/mol. The molecule has 2 aromatic carbocycles. The van der Waals surface area contributed by atoms with E-state index in [1.54, 1.807) is 0 Å². The Morgan fingerprint density at radius 1 is 1.08 bits per heavy atom. The second kappa shape index (κ2) is 8.90. The minimum Gasteiger partial charge on any atom is -0.356 e. The van der Waals surface area contributed by atoms with Crippen molar-refractivity contribution in [2.75, 3.05) is 6.54 Å². The predicted molar refractivity (Wildman–Crippen MR) is 99.9 cm³/mol. The van der Waals surface area contributed by atoms with Crippen molar-refractivity contribution in [2.24, 2.45) is 0 Å². The highest BCUT2D eigenvalue weighted by Crippen LogP contribution is 2.26. The molecule has 0 fully saturated rings. The highest BCUT2D eigenvalue weighted by Gasteiger charge is 2.16. The number of thioether (sulfide) groups is 1. The first-order valence-corrected chi connectivity index (χ1v) is 9.01. The summed E-state index contributed by atoms with van der Waals surface area (Å²) in [5, 5.41) is 3.28. The zero-order chi connectivity index (χ0) is 17.5. The van der Waals surface area contributed by atoms with Crippen molar-refractivity contribution in [1.82, 2.24) is 5.32 Å². The number of ketones is 1. The highest BCUT2D eigenvalue weighted by molar-refractivity contribution is 8.00. The molecule has 0 bridgehead atoms. The number of nitrogens with one attached hydrogen (secondary N) is 1. The quantitative estimate of drug-likeness (QED) is 0.588. The number of amides is 1. The Labute approximate surface area is 151 Å². The standard InChI is InChI=1S/C19H20ClNO2S/c1-13(24-18-9-7-17(20)8-10-18)19(23)16-5-3-15(4-6-16)11-12-21-14(2)22/h3-10,13H,11-12H2,1-2H3,(H,21,22)/t13-/m0/s1. The third kappa shape index (κ3) is 5.69. The van der Waals surface area contributed by atoms with E-state index in [0.717, 1.165) is 16.9 Å². The Hall–Kier alpha value is -1.78. The topological polar surface area (TPSA) is 46.2 Å². The van der Waals surface area contributed by atoms with Crippen molar-refractivity contribution in [3.63, 3.8) is 0 Å². The molecule has 0 spiro atoms. The molecule has 0 aliphatic rings. The summed E-state index contributed by atoms with van der Waals surface area (Å²) in [7, 11) is 0. The molecule has 1 N–H and O–H groups in total. The fourth-order valence-electron chi connectivity index (χ4n) is 2.22. The molecule has 0 saturated heterocycles. The van der Waals surface area contributed by atoms with Crippen LogP contribution in [0.3, 0.4) is 0 Å². The highest BCUT2D eigenvalue weighted by atomic mass is 35.5. The molecule has 126 valence electrons. The lowest BCUT2D eigenvalue weighted by Gasteiger charge is -2.11. The van der Waals surface area contributed by atoms with Gasteiger partial charge >= 0.3 is 0 Å². The van der Waals surface area contributed by atoms with Gasteiger partial charge in [0.05, 0.1) is 5.25 Å². The van der Waals surface area contributed by atoms with Gasteiger partial charge in [0.2, 0.25) is 5.91 Å². The van der Waals surface area contributed by atoms with Gasteiger partial charge in [-0.3, -0.25) is 9.59 Å². The molecule has 24 heavy (non-hydrogen) atoms. The summed E-state index contributed by atoms with van der Waals surface area (Å²) in [4.78, 5) is 24.4. The molecule has 0 saturated carbocycles. The second-order valence-corrected chi connectivity index (χ2v) is 7.36. The van der Waals surface area contributed by atoms with Gasteiger partial charge in [-0.25, -0.2) is 0 Å². The number of hydrogen-bond acceptors (Lipinski definition) is 3. The van der Waals surface area contributed by atoms with Gasteiger partial charge in [0.15, 0.2) is 5.78 Å². The molecule has 0 heterocycles. The Morgan fingerprint density at radius 3 is 2.29 bits per heavy atom. The van der Waals surface area contributed by atoms with Crippen LogP contribution in [0.25, 0.3) is 0 Å². The zero-order valence-corrected chi connectivity index (χ0v) is 15.3. The summed E-state index contributed by atoms with van der Waals surface area (Å²) in [6.45, 7) is 4.01. The first kappa shape index (κ1) is 18.6. The van der Waals surface area contributed by atoms with Gasteiger partial charge in [0.1, 0.15) is 0 Å². The number of carbonyl (C=O) groups is 2. The molecule has 0 aliphatic heterocycles. The van der Waals surface area contributed by atoms with E-state index >= 15 is 0 Å². The lowest BCUT2D eigenvalue weighted by molar-refractivity contribution is -0.118. The summed E-state index contributed by atoms with van der Waals surface area (Å²) in [6.07, 6.45) is 0.753. The van der Waals surface area contributed by atoms with Crippen molar-refractivity contribution >= 4 is 35.1 Å². The predicted octanol–water partition coefficient (Wildman–Crippen LogP) is 4.38. The Morgan fingerprint density at radius 2 is 1.71 bits per heavy atom. The summed E-state index contributed by atoms with van der Waals surface area (Å²) in [5.41, 5.74) is 1.80. The van der Waals surface area contributed by atoms with Crippen LogP contribution < -0.4 is 5.32 Å². The summed E-state index contributed by atoms with van der Waals surface area (Å²) < 4.78 is 0. The Balaban J connectivity index is 1.93. The average molecular weight is 362 g/mol. The van der Waals surface area contributed by atoms with Crippen molar-refractivity contribution in [1.29, 1.82) is 0 Å². The molecule has 0 radical (unpaired) electrons. The smallest absolute Gasteiger partial charge is 0.216 e. The number of benzene rings is 2. The van der Waals surface area contributed by atoms with E-state index in [0.29, 0.717) is 17.1 Å². The van der Waals surface area contributed by atoms with E-state index in [1.165, 1.54) is 18.7 Å². The number of carbonyl (C=O) groups excluding carboxylic acids is 2. The zero-order valence-electron chi connectivity index (χ0n) is 13.7. The van der Waals surface area contributed by atoms with Crippen LogP contribution >= 0.6 is 23.4 Å². The Bertz CT molecular complexity index is 698. The molecule has 0 unspecified atom stereocenters. The monoisotopic (exact) mass is 361 g/mol. The summed E-state index contributed by atoms with van der Waals surface area (Å²) >= 11 is 7.40. The van der Waals surface area contributed by atoms with Crippen molar-refractivity contribution in [3.8, 4) is 0 Å². The maximum atomic E-state index is 12.5. The second-order valence-electron chi connectivity index (χ2n) is 5.51. The van der Waals surface area contributed by atoms with Gasteiger partial charge in [-0.2, -0.15) is 0 Å². The molecule has 0 aromatic heterocycles. The van der Waals surface area contributed by atoms with Crippen LogP contribution in [0.1, 0.15) is 29.8 Å². The number of halogens is 1. The van der Waals surface area contributed by atoms with Crippen molar-refractivity contribution in [3.05, 3.63) is 64.7 Å². The van der Waals surface area contributed by atoms with E-state index in [4.69, 9.17) is 11.6 Å². The first-order valence-electron chi connectivity index (χ1n) is 7.75. The maximum Gasteiger partial charge on any atom is 0.216 e. The lowest BCUT2D eigenvalue weighted by atomic mass is 10.0. The van der Waals surface area contributed by atoms with E-state index in [9.17, 15) is 9.59 Å². The van der Waals surface area contributed by atoms with Gasteiger partial charge in [-0.1, -0.05) is 35.9 Å². The van der Waals surface area contributed by atoms with Gasteiger partial charge < -0.3 is 5.32 Å². The molecule has 2 rings (SSSR count). The molecule has 3 nitrogen and oxygen atoms in total. The average Bonchev–Trinajstić information content (AvgIpc) is 2.56. The maximum absolute atomic E-state index is 12.5. The van der Waals surface area contributed by atoms with Gasteiger partial charge in [-0.15, -0.1) is 11.8 Å². The minimum atomic E-state index is -0.170. The van der Waals surface area contributed by atoms with Gasteiger partial charge in [0, 0.05) is 29.0 Å². The van der Waals surface area contributed by atoms with E-state index in [2.05, 4.69) is 5.32 Å². The molecule has 1 atom stereocenters. The van der Waals surface area contributed by atoms with Crippen LogP contribution in [0.4, 0.5) is 0 Å². The van der Waals surface area contributed by atoms with Crippen LogP contribution in [-0.2, 0) is 11.2 Å². The Kier molecular flexibility index (Phi) is 6.88. The van der Waals surface area contributed by atoms with Crippen LogP contribution in [0.5, 0.6) is 0 Å². The fourth-order valence-corrected chi connectivity index (χ4v) is 3.29. The number of Topliss-reactive ketones (excluding diaryl/α,β-unsaturated/α-hetero) is 1. The van der Waals surface area contributed by atoms with Crippen LogP contribution in [-0.4, -0.2) is 23.5 Å². The molecule has 0 aliphatic carbocycles. The number of rotatable bonds is 7. The van der Waals surface area contributed by atoms with Gasteiger partial charge in [0.25, 0.3) is 0 Å². The third-order valence-electron chi connectivity index (χ3n) is 3.52. The lowest BCUT2D eigenvalue weighted by Crippen LogP contribution is -2.22. The molecule has 5 heteroatoms. The SMILES string of the molecule is CC(=O)NCCc1ccc(C(=O)[C@H](C)Sc2ccc(Cl)cc2)cc1. The minimum absolute atomic E-state index is 0.0325. The molecule has 2 aromatic rings. The van der Waals surface area contributed by atoms with Gasteiger partial charge in [-0.05, 0) is 43.2 Å². The van der Waals surface area contributed by atoms with E-state index in [-0.39, 0.29) is 16.9 Å². The van der Waals surface area contributed by atoms with E-state index in [1.807, 2.05) is 55.5 Å². The largest absolute Gasteiger partial charge is 0.356 e. The van der Waals surface area contributed by atoms with Crippen LogP contribution in [0.15, 0.2) is 53.4 Å². The van der Waals surface area contributed by atoms with E-state index < -0.39 is 0 Å². The summed E-state index contributed by atoms with van der Waals surface area (Å²) in [6, 6.07) is 15.1. The molecule has 1 amide bonds. The fraction of sp³-hybridized carbons (Fsp3) is 0.263. The normalized spacial score (nSPS) is 11.8. The third-order valence-corrected chi connectivity index (χ3v) is 4.89. The molecular formula is C19H20ClNO2S. The van der Waals surface area contributed by atoms with Crippen LogP contribution in [0.2, 0.25) is 5.02 Å². The van der Waals surface area contributed by atoms with Crippen LogP contribution in [0, 0.1) is 0 Å². The van der Waals surface area contributed by atoms with Crippen molar-refractivity contribution < 1.29 is 9.59 Å². The van der Waals surface area contributed by atoms with Crippen molar-refractivity contribution in [2.45, 2.75) is 30.4 Å². The first-order chi connectivity index (χ1) is 11.5. The number of hydrogen-bond donors (Lipinski definition) is 1. The summed E-state index contributed by atoms with van der Waals surface area (Å²) in [5.74, 6) is 0.0678.